The van der Waals surface area contributed by atoms with Crippen molar-refractivity contribution in [1.82, 2.24) is 0 Å². The van der Waals surface area contributed by atoms with Crippen molar-refractivity contribution in [3.05, 3.63) is 59.6 Å². The lowest BCUT2D eigenvalue weighted by Crippen LogP contribution is -2.11. The van der Waals surface area contributed by atoms with Crippen molar-refractivity contribution in [3.63, 3.8) is 0 Å². The van der Waals surface area contributed by atoms with E-state index in [0.717, 1.165) is 24.1 Å². The smallest absolute Gasteiger partial charge is 0.119 e. The van der Waals surface area contributed by atoms with Crippen LogP contribution in [0.4, 0.5) is 10.1 Å². The van der Waals surface area contributed by atoms with E-state index in [0.29, 0.717) is 38.2 Å². The third-order valence-corrected chi connectivity index (χ3v) is 3.86. The van der Waals surface area contributed by atoms with Gasteiger partial charge in [0.25, 0.3) is 0 Å². The van der Waals surface area contributed by atoms with Crippen LogP contribution < -0.4 is 10.1 Å². The van der Waals surface area contributed by atoms with Gasteiger partial charge in [0.05, 0.1) is 27.8 Å². The Bertz CT molecular complexity index is 667. The Hall–Kier alpha value is -2.11. The minimum absolute atomic E-state index is 0.111. The molecule has 26 heavy (non-hydrogen) atoms. The maximum atomic E-state index is 11.8. The van der Waals surface area contributed by atoms with Crippen LogP contribution in [-0.4, -0.2) is 46.8 Å². The number of halogens is 1. The van der Waals surface area contributed by atoms with Crippen LogP contribution in [0.15, 0.2) is 48.5 Å². The van der Waals surface area contributed by atoms with Crippen LogP contribution in [0.1, 0.15) is 12.5 Å². The number of hydrogen-bond donors (Lipinski definition) is 1. The molecule has 0 bridgehead atoms. The topological polar surface area (TPSA) is 39.7 Å². The summed E-state index contributed by atoms with van der Waals surface area (Å²) in [5, 5.41) is 3.11. The number of anilines is 1. The average Bonchev–Trinajstić information content (AvgIpc) is 2.69. The average molecular weight is 362 g/mol. The Morgan fingerprint density at radius 2 is 1.50 bits per heavy atom. The molecule has 2 rings (SSSR count). The largest absolute Gasteiger partial charge is 0.491 e. The lowest BCUT2D eigenvalue weighted by Gasteiger charge is -2.08. The van der Waals surface area contributed by atoms with E-state index in [9.17, 15) is 4.39 Å². The van der Waals surface area contributed by atoms with Gasteiger partial charge in [-0.1, -0.05) is 24.2 Å². The standard InChI is InChI=1S/C21H28FNO3/c1-23-20-8-4-18(5-9-20)2-3-19-6-10-21(11-7-19)26-17-16-25-15-14-24-13-12-22/h4-11,23H,2-3,12-17H2,1H3/i6D. The normalized spacial score (nSPS) is 11.2. The zero-order valence-electron chi connectivity index (χ0n) is 16.3. The second-order valence-electron chi connectivity index (χ2n) is 5.76. The zero-order valence-corrected chi connectivity index (χ0v) is 15.3. The van der Waals surface area contributed by atoms with Crippen LogP contribution in [0.2, 0.25) is 0 Å². The van der Waals surface area contributed by atoms with Gasteiger partial charge in [-0.25, -0.2) is 4.39 Å². The van der Waals surface area contributed by atoms with Gasteiger partial charge in [0.1, 0.15) is 19.0 Å². The van der Waals surface area contributed by atoms with Gasteiger partial charge in [0.2, 0.25) is 0 Å². The third kappa shape index (κ3) is 7.85. The molecule has 0 aromatic heterocycles. The molecule has 2 aromatic carbocycles. The van der Waals surface area contributed by atoms with E-state index in [1.54, 1.807) is 6.07 Å². The van der Waals surface area contributed by atoms with E-state index in [4.69, 9.17) is 15.6 Å². The molecule has 0 fully saturated rings. The number of alkyl halides is 1. The first-order chi connectivity index (χ1) is 13.2. The van der Waals surface area contributed by atoms with Gasteiger partial charge in [-0.15, -0.1) is 0 Å². The molecule has 0 heterocycles. The Balaban J connectivity index is 1.69. The fraction of sp³-hybridized carbons (Fsp3) is 0.429. The molecule has 1 N–H and O–H groups in total. The molecular weight excluding hydrogens is 333 g/mol. The van der Waals surface area contributed by atoms with Crippen LogP contribution >= 0.6 is 0 Å². The molecule has 0 aliphatic rings. The van der Waals surface area contributed by atoms with Crippen LogP contribution in [-0.2, 0) is 22.3 Å². The van der Waals surface area contributed by atoms with Crippen molar-refractivity contribution in [3.8, 4) is 5.75 Å². The van der Waals surface area contributed by atoms with Crippen LogP contribution in [0.3, 0.4) is 0 Å². The summed E-state index contributed by atoms with van der Waals surface area (Å²) in [6, 6.07) is 14.4. The number of ether oxygens (including phenoxy) is 3. The highest BCUT2D eigenvalue weighted by Gasteiger charge is 1.99. The van der Waals surface area contributed by atoms with Gasteiger partial charge in [0.15, 0.2) is 0 Å². The molecule has 0 radical (unpaired) electrons. The molecule has 0 spiro atoms. The van der Waals surface area contributed by atoms with Crippen LogP contribution in [0, 0.1) is 0 Å². The summed E-state index contributed by atoms with van der Waals surface area (Å²) in [6.07, 6.45) is 1.72. The fourth-order valence-electron chi connectivity index (χ4n) is 2.40. The molecule has 0 aliphatic heterocycles. The van der Waals surface area contributed by atoms with E-state index in [2.05, 4.69) is 29.6 Å². The monoisotopic (exact) mass is 362 g/mol. The van der Waals surface area contributed by atoms with E-state index >= 15 is 0 Å². The van der Waals surface area contributed by atoms with E-state index < -0.39 is 6.67 Å². The third-order valence-electron chi connectivity index (χ3n) is 3.86. The van der Waals surface area contributed by atoms with Crippen molar-refractivity contribution in [2.45, 2.75) is 12.8 Å². The maximum Gasteiger partial charge on any atom is 0.119 e. The second kappa shape index (κ2) is 12.3. The maximum absolute atomic E-state index is 11.8. The minimum atomic E-state index is -0.475. The zero-order chi connectivity index (χ0) is 19.3. The lowest BCUT2D eigenvalue weighted by atomic mass is 10.0. The summed E-state index contributed by atoms with van der Waals surface area (Å²) in [5.74, 6) is 0.666. The van der Waals surface area contributed by atoms with Gasteiger partial charge in [-0.3, -0.25) is 0 Å². The highest BCUT2D eigenvalue weighted by Crippen LogP contribution is 2.15. The predicted octanol–water partition coefficient (Wildman–Crippen LogP) is 3.90. The fourth-order valence-corrected chi connectivity index (χ4v) is 2.40. The molecule has 0 amide bonds. The van der Waals surface area contributed by atoms with Crippen molar-refractivity contribution in [2.75, 3.05) is 52.1 Å². The number of hydrogen-bond acceptors (Lipinski definition) is 4. The summed E-state index contributed by atoms with van der Waals surface area (Å²) in [4.78, 5) is 0. The van der Waals surface area contributed by atoms with Gasteiger partial charge >= 0.3 is 0 Å². The molecular formula is C21H28FNO3. The van der Waals surface area contributed by atoms with E-state index in [1.165, 1.54) is 5.56 Å². The second-order valence-corrected chi connectivity index (χ2v) is 5.76. The Kier molecular flexibility index (Phi) is 8.82. The van der Waals surface area contributed by atoms with Gasteiger partial charge < -0.3 is 19.5 Å². The van der Waals surface area contributed by atoms with Gasteiger partial charge in [-0.05, 0) is 48.2 Å². The number of benzene rings is 2. The molecule has 0 unspecified atom stereocenters. The summed E-state index contributed by atoms with van der Waals surface area (Å²) < 4.78 is 35.9. The lowest BCUT2D eigenvalue weighted by molar-refractivity contribution is 0.0325. The SMILES string of the molecule is [2H]c1cc(OCCOCCOCCF)ccc1CCc1ccc(NC)cc1. The molecule has 2 aromatic rings. The molecule has 142 valence electrons. The Morgan fingerprint density at radius 1 is 0.846 bits per heavy atom. The summed E-state index contributed by atoms with van der Waals surface area (Å²) in [7, 11) is 1.90. The molecule has 0 saturated heterocycles. The first kappa shape index (κ1) is 18.7. The highest BCUT2D eigenvalue weighted by atomic mass is 19.1. The Morgan fingerprint density at radius 3 is 2.19 bits per heavy atom. The first-order valence-electron chi connectivity index (χ1n) is 9.43. The summed E-state index contributed by atoms with van der Waals surface area (Å²) >= 11 is 0. The summed E-state index contributed by atoms with van der Waals surface area (Å²) in [6.45, 7) is 1.27. The summed E-state index contributed by atoms with van der Waals surface area (Å²) in [5.41, 5.74) is 3.35. The number of aryl methyl sites for hydroxylation is 2. The molecule has 0 atom stereocenters. The van der Waals surface area contributed by atoms with E-state index in [-0.39, 0.29) is 6.61 Å². The minimum Gasteiger partial charge on any atom is -0.491 e. The van der Waals surface area contributed by atoms with Crippen LogP contribution in [0.5, 0.6) is 5.75 Å². The first-order valence-corrected chi connectivity index (χ1v) is 8.93. The molecule has 0 aliphatic carbocycles. The molecule has 5 heteroatoms. The van der Waals surface area contributed by atoms with Crippen molar-refractivity contribution in [2.24, 2.45) is 0 Å². The number of rotatable bonds is 13. The van der Waals surface area contributed by atoms with E-state index in [1.807, 2.05) is 19.2 Å². The van der Waals surface area contributed by atoms with Gasteiger partial charge in [0, 0.05) is 12.7 Å². The quantitative estimate of drug-likeness (QED) is 0.549. The van der Waals surface area contributed by atoms with Crippen molar-refractivity contribution >= 4 is 5.69 Å². The number of nitrogens with one attached hydrogen (secondary N) is 1. The Labute approximate surface area is 156 Å². The molecule has 4 nitrogen and oxygen atoms in total. The van der Waals surface area contributed by atoms with Crippen molar-refractivity contribution in [1.29, 1.82) is 0 Å². The highest BCUT2D eigenvalue weighted by molar-refractivity contribution is 5.44. The molecule has 0 saturated carbocycles. The van der Waals surface area contributed by atoms with Crippen LogP contribution in [0.25, 0.3) is 0 Å². The predicted molar refractivity (Wildman–Crippen MR) is 103 cm³/mol. The van der Waals surface area contributed by atoms with Crippen molar-refractivity contribution < 1.29 is 20.0 Å². The van der Waals surface area contributed by atoms with Gasteiger partial charge in [-0.2, -0.15) is 0 Å².